The van der Waals surface area contributed by atoms with Crippen molar-refractivity contribution in [1.82, 2.24) is 5.32 Å². The molecule has 0 aliphatic heterocycles. The first kappa shape index (κ1) is 53.6. The van der Waals surface area contributed by atoms with E-state index in [9.17, 15) is 19.8 Å². The molecule has 0 bridgehead atoms. The molecule has 2 atom stereocenters. The number of aliphatic hydroxyl groups is 2. The molecule has 0 rings (SSSR count). The van der Waals surface area contributed by atoms with Crippen LogP contribution in [0.5, 0.6) is 0 Å². The van der Waals surface area contributed by atoms with Gasteiger partial charge < -0.3 is 20.3 Å². The van der Waals surface area contributed by atoms with Crippen molar-refractivity contribution >= 4 is 11.9 Å². The van der Waals surface area contributed by atoms with Crippen molar-refractivity contribution in [3.8, 4) is 0 Å². The van der Waals surface area contributed by atoms with Gasteiger partial charge in [-0.1, -0.05) is 184 Å². The summed E-state index contributed by atoms with van der Waals surface area (Å²) in [4.78, 5) is 24.3. The normalized spacial score (nSPS) is 13.3. The molecular formula is C50H89NO5. The van der Waals surface area contributed by atoms with E-state index in [2.05, 4.69) is 61.7 Å². The smallest absolute Gasteiger partial charge is 0.305 e. The molecule has 0 aromatic rings. The second-order valence-corrected chi connectivity index (χ2v) is 15.7. The lowest BCUT2D eigenvalue weighted by atomic mass is 10.1. The molecule has 0 heterocycles. The van der Waals surface area contributed by atoms with Crippen LogP contribution in [0.3, 0.4) is 0 Å². The zero-order chi connectivity index (χ0) is 40.8. The Morgan fingerprint density at radius 1 is 0.500 bits per heavy atom. The maximum atomic E-state index is 12.3. The third kappa shape index (κ3) is 41.2. The monoisotopic (exact) mass is 784 g/mol. The van der Waals surface area contributed by atoms with Gasteiger partial charge in [0.2, 0.25) is 5.91 Å². The van der Waals surface area contributed by atoms with Gasteiger partial charge in [-0.05, 0) is 83.5 Å². The molecule has 3 N–H and O–H groups in total. The Morgan fingerprint density at radius 3 is 1.43 bits per heavy atom. The summed E-state index contributed by atoms with van der Waals surface area (Å²) in [5, 5.41) is 22.8. The number of allylic oxidation sites excluding steroid dienone is 9. The molecule has 6 nitrogen and oxygen atoms in total. The summed E-state index contributed by atoms with van der Waals surface area (Å²) >= 11 is 0. The minimum absolute atomic E-state index is 0.0343. The average molecular weight is 784 g/mol. The maximum Gasteiger partial charge on any atom is 0.305 e. The number of aliphatic hydroxyl groups excluding tert-OH is 2. The first-order valence-corrected chi connectivity index (χ1v) is 23.6. The topological polar surface area (TPSA) is 95.9 Å². The highest BCUT2D eigenvalue weighted by Crippen LogP contribution is 2.13. The van der Waals surface area contributed by atoms with Crippen molar-refractivity contribution in [2.24, 2.45) is 0 Å². The van der Waals surface area contributed by atoms with Crippen molar-refractivity contribution in [3.05, 3.63) is 60.8 Å². The fourth-order valence-corrected chi connectivity index (χ4v) is 6.59. The molecule has 56 heavy (non-hydrogen) atoms. The van der Waals surface area contributed by atoms with Crippen LogP contribution in [0.1, 0.15) is 219 Å². The molecule has 1 amide bonds. The lowest BCUT2D eigenvalue weighted by molar-refractivity contribution is -0.143. The van der Waals surface area contributed by atoms with Gasteiger partial charge in [0.15, 0.2) is 0 Å². The molecule has 0 aromatic carbocycles. The molecule has 0 saturated carbocycles. The van der Waals surface area contributed by atoms with Crippen LogP contribution < -0.4 is 5.32 Å². The number of ether oxygens (including phenoxy) is 1. The number of hydrogen-bond donors (Lipinski definition) is 3. The Bertz CT molecular complexity index is 999. The minimum atomic E-state index is -0.879. The molecule has 0 aromatic heterocycles. The molecular weight excluding hydrogens is 695 g/mol. The van der Waals surface area contributed by atoms with Crippen LogP contribution in [0.4, 0.5) is 0 Å². The number of carbonyl (C=O) groups excluding carboxylic acids is 2. The number of carbonyl (C=O) groups is 2. The largest absolute Gasteiger partial charge is 0.466 e. The molecule has 0 spiro atoms. The van der Waals surface area contributed by atoms with Crippen LogP contribution in [0.2, 0.25) is 0 Å². The van der Waals surface area contributed by atoms with Crippen LogP contribution in [0.25, 0.3) is 0 Å². The first-order chi connectivity index (χ1) is 27.5. The van der Waals surface area contributed by atoms with E-state index < -0.39 is 12.1 Å². The fraction of sp³-hybridized carbons (Fsp3) is 0.760. The van der Waals surface area contributed by atoms with E-state index in [1.807, 2.05) is 12.2 Å². The Labute approximate surface area is 346 Å². The van der Waals surface area contributed by atoms with Gasteiger partial charge in [0, 0.05) is 12.8 Å². The average Bonchev–Trinajstić information content (AvgIpc) is 3.20. The Morgan fingerprint density at radius 2 is 0.911 bits per heavy atom. The van der Waals surface area contributed by atoms with Crippen LogP contribution >= 0.6 is 0 Å². The second kappa shape index (κ2) is 45.3. The van der Waals surface area contributed by atoms with Gasteiger partial charge in [0.25, 0.3) is 0 Å². The van der Waals surface area contributed by atoms with Crippen LogP contribution in [0.15, 0.2) is 60.8 Å². The van der Waals surface area contributed by atoms with Gasteiger partial charge in [-0.3, -0.25) is 9.59 Å². The first-order valence-electron chi connectivity index (χ1n) is 23.6. The van der Waals surface area contributed by atoms with Crippen molar-refractivity contribution in [1.29, 1.82) is 0 Å². The van der Waals surface area contributed by atoms with Gasteiger partial charge in [-0.25, -0.2) is 0 Å². The van der Waals surface area contributed by atoms with Crippen LogP contribution in [-0.2, 0) is 14.3 Å². The molecule has 0 aliphatic rings. The van der Waals surface area contributed by atoms with E-state index in [4.69, 9.17) is 4.74 Å². The Balaban J connectivity index is 3.61. The Kier molecular flexibility index (Phi) is 43.3. The summed E-state index contributed by atoms with van der Waals surface area (Å²) in [6, 6.07) is -0.672. The second-order valence-electron chi connectivity index (χ2n) is 15.7. The van der Waals surface area contributed by atoms with Crippen molar-refractivity contribution in [2.75, 3.05) is 13.2 Å². The number of esters is 1. The zero-order valence-corrected chi connectivity index (χ0v) is 36.6. The lowest BCUT2D eigenvalue weighted by Gasteiger charge is -2.19. The van der Waals surface area contributed by atoms with Gasteiger partial charge in [-0.15, -0.1) is 0 Å². The van der Waals surface area contributed by atoms with E-state index in [-0.39, 0.29) is 18.5 Å². The van der Waals surface area contributed by atoms with Crippen molar-refractivity contribution < 1.29 is 24.5 Å². The van der Waals surface area contributed by atoms with Crippen LogP contribution in [0, 0.1) is 0 Å². The van der Waals surface area contributed by atoms with E-state index in [1.165, 1.54) is 122 Å². The fourth-order valence-electron chi connectivity index (χ4n) is 6.59. The van der Waals surface area contributed by atoms with E-state index in [1.54, 1.807) is 6.08 Å². The zero-order valence-electron chi connectivity index (χ0n) is 36.6. The molecule has 0 aliphatic carbocycles. The van der Waals surface area contributed by atoms with E-state index >= 15 is 0 Å². The quantitative estimate of drug-likeness (QED) is 0.0325. The summed E-state index contributed by atoms with van der Waals surface area (Å²) in [6.45, 7) is 4.76. The van der Waals surface area contributed by atoms with Gasteiger partial charge >= 0.3 is 5.97 Å². The highest BCUT2D eigenvalue weighted by atomic mass is 16.5. The summed E-state index contributed by atoms with van der Waals surface area (Å²) in [5.74, 6) is -0.188. The molecule has 324 valence electrons. The number of amides is 1. The third-order valence-corrected chi connectivity index (χ3v) is 10.3. The highest BCUT2D eigenvalue weighted by Gasteiger charge is 2.17. The third-order valence-electron chi connectivity index (χ3n) is 10.3. The predicted octanol–water partition coefficient (Wildman–Crippen LogP) is 13.7. The summed E-state index contributed by atoms with van der Waals surface area (Å²) in [6.07, 6.45) is 56.5. The Hall–Kier alpha value is -2.44. The molecule has 6 heteroatoms. The summed E-state index contributed by atoms with van der Waals surface area (Å²) in [5.41, 5.74) is 0. The number of hydrogen-bond acceptors (Lipinski definition) is 5. The van der Waals surface area contributed by atoms with Crippen molar-refractivity contribution in [2.45, 2.75) is 231 Å². The summed E-state index contributed by atoms with van der Waals surface area (Å²) < 4.78 is 5.43. The number of nitrogens with one attached hydrogen (secondary N) is 1. The van der Waals surface area contributed by atoms with Crippen molar-refractivity contribution in [3.63, 3.8) is 0 Å². The van der Waals surface area contributed by atoms with Gasteiger partial charge in [0.05, 0.1) is 25.4 Å². The minimum Gasteiger partial charge on any atom is -0.466 e. The van der Waals surface area contributed by atoms with E-state index in [0.29, 0.717) is 25.9 Å². The highest BCUT2D eigenvalue weighted by molar-refractivity contribution is 5.76. The van der Waals surface area contributed by atoms with Gasteiger partial charge in [0.1, 0.15) is 0 Å². The number of unbranched alkanes of at least 4 members (excludes halogenated alkanes) is 23. The SMILES string of the molecule is CCCCC/C=C\C/C=C\CCCCCCCC(=O)OCCCCCCCC/C=C\C/C=C\CCC(=O)NC(CO)C(O)/C=C/CCCCCCCCCCC. The van der Waals surface area contributed by atoms with Crippen LogP contribution in [-0.4, -0.2) is 47.4 Å². The molecule has 0 radical (unpaired) electrons. The van der Waals surface area contributed by atoms with E-state index in [0.717, 1.165) is 64.2 Å². The summed E-state index contributed by atoms with van der Waals surface area (Å²) in [7, 11) is 0. The maximum absolute atomic E-state index is 12.3. The lowest BCUT2D eigenvalue weighted by Crippen LogP contribution is -2.45. The standard InChI is InChI=1S/C50H89NO5/c1-3-5-7-9-11-13-15-16-17-20-24-28-32-36-40-44-50(55)56-45-41-37-33-29-25-21-18-19-23-27-31-35-39-43-49(54)51-47(46-52)48(53)42-38-34-30-26-22-14-12-10-8-6-4-2/h11,13,16-17,19,23,31,35,38,42,47-48,52-53H,3-10,12,14-15,18,20-22,24-30,32-34,36-37,39-41,43-46H2,1-2H3,(H,51,54)/b13-11-,17-16-,23-19-,35-31-,42-38+. The molecule has 0 saturated heterocycles. The predicted molar refractivity (Wildman–Crippen MR) is 241 cm³/mol. The molecule has 0 fully saturated rings. The van der Waals surface area contributed by atoms with Gasteiger partial charge in [-0.2, -0.15) is 0 Å². The molecule has 2 unspecified atom stereocenters. The number of rotatable bonds is 42.